The number of aromatic nitrogens is 3. The Labute approximate surface area is 215 Å². The zero-order valence-corrected chi connectivity index (χ0v) is 21.6. The highest BCUT2D eigenvalue weighted by Crippen LogP contribution is 2.44. The number of thiazole rings is 2. The van der Waals surface area contributed by atoms with E-state index < -0.39 is 0 Å². The van der Waals surface area contributed by atoms with Gasteiger partial charge in [0.1, 0.15) is 27.2 Å². The third kappa shape index (κ3) is 4.34. The number of rotatable bonds is 8. The van der Waals surface area contributed by atoms with E-state index in [2.05, 4.69) is 15.5 Å². The number of nitrogen functional groups attached to an aromatic ring is 1. The number of nitrogens with two attached hydrogens (primary N) is 1. The zero-order valence-electron chi connectivity index (χ0n) is 20.0. The minimum absolute atomic E-state index is 0.390. The SMILES string of the molecule is COc1cc(Nc2nc(N)c(-c3nc(-c4c(-c5ccccc5)noc4C)cs3)s2)cc(OC)c1OC. The largest absolute Gasteiger partial charge is 0.493 e. The van der Waals surface area contributed by atoms with E-state index in [4.69, 9.17) is 29.5 Å². The predicted octanol–water partition coefficient (Wildman–Crippen LogP) is 6.25. The van der Waals surface area contributed by atoms with Gasteiger partial charge in [0.05, 0.1) is 32.6 Å². The summed E-state index contributed by atoms with van der Waals surface area (Å²) in [6, 6.07) is 13.5. The van der Waals surface area contributed by atoms with Crippen molar-refractivity contribution in [1.82, 2.24) is 15.1 Å². The molecule has 11 heteroatoms. The molecule has 0 fully saturated rings. The van der Waals surface area contributed by atoms with Gasteiger partial charge >= 0.3 is 0 Å². The van der Waals surface area contributed by atoms with Crippen LogP contribution in [0.15, 0.2) is 52.4 Å². The van der Waals surface area contributed by atoms with Crippen molar-refractivity contribution >= 4 is 39.3 Å². The second-order valence-corrected chi connectivity index (χ2v) is 9.50. The summed E-state index contributed by atoms with van der Waals surface area (Å²) in [4.78, 5) is 10.1. The maximum Gasteiger partial charge on any atom is 0.203 e. The molecule has 2 aromatic carbocycles. The molecule has 0 saturated carbocycles. The molecule has 9 nitrogen and oxygen atoms in total. The number of nitrogens with zero attached hydrogens (tertiary/aromatic N) is 3. The van der Waals surface area contributed by atoms with E-state index in [-0.39, 0.29) is 0 Å². The third-order valence-electron chi connectivity index (χ3n) is 5.43. The van der Waals surface area contributed by atoms with Crippen LogP contribution in [0.5, 0.6) is 17.2 Å². The van der Waals surface area contributed by atoms with E-state index in [0.717, 1.165) is 38.1 Å². The second-order valence-electron chi connectivity index (χ2n) is 7.64. The van der Waals surface area contributed by atoms with Gasteiger partial charge in [-0.15, -0.1) is 11.3 Å². The van der Waals surface area contributed by atoms with Crippen molar-refractivity contribution in [2.24, 2.45) is 0 Å². The molecule has 5 aromatic rings. The van der Waals surface area contributed by atoms with Crippen molar-refractivity contribution in [3.05, 3.63) is 53.6 Å². The van der Waals surface area contributed by atoms with Crippen molar-refractivity contribution in [1.29, 1.82) is 0 Å². The van der Waals surface area contributed by atoms with Gasteiger partial charge in [-0.25, -0.2) is 9.97 Å². The van der Waals surface area contributed by atoms with E-state index in [1.165, 1.54) is 22.7 Å². The number of hydrogen-bond acceptors (Lipinski definition) is 11. The Balaban J connectivity index is 1.45. The molecule has 0 aliphatic rings. The molecule has 0 spiro atoms. The summed E-state index contributed by atoms with van der Waals surface area (Å²) < 4.78 is 21.8. The molecule has 0 radical (unpaired) electrons. The van der Waals surface area contributed by atoms with E-state index >= 15 is 0 Å². The van der Waals surface area contributed by atoms with Crippen LogP contribution < -0.4 is 25.3 Å². The van der Waals surface area contributed by atoms with Crippen LogP contribution in [0.2, 0.25) is 0 Å². The first-order valence-electron chi connectivity index (χ1n) is 10.8. The minimum Gasteiger partial charge on any atom is -0.493 e. The van der Waals surface area contributed by atoms with Gasteiger partial charge in [0, 0.05) is 28.8 Å². The number of nitrogens with one attached hydrogen (secondary N) is 1. The van der Waals surface area contributed by atoms with Gasteiger partial charge in [-0.1, -0.05) is 46.8 Å². The molecule has 0 bridgehead atoms. The molecular formula is C25H23N5O4S2. The van der Waals surface area contributed by atoms with Gasteiger partial charge in [0.25, 0.3) is 0 Å². The average molecular weight is 522 g/mol. The van der Waals surface area contributed by atoms with Crippen LogP contribution in [0.25, 0.3) is 32.4 Å². The van der Waals surface area contributed by atoms with E-state index in [1.54, 1.807) is 33.5 Å². The first-order chi connectivity index (χ1) is 17.5. The summed E-state index contributed by atoms with van der Waals surface area (Å²) >= 11 is 2.90. The van der Waals surface area contributed by atoms with Crippen molar-refractivity contribution < 1.29 is 18.7 Å². The highest BCUT2D eigenvalue weighted by molar-refractivity contribution is 7.23. The second kappa shape index (κ2) is 9.88. The fraction of sp³-hybridized carbons (Fsp3) is 0.160. The lowest BCUT2D eigenvalue weighted by molar-refractivity contribution is 0.324. The van der Waals surface area contributed by atoms with Gasteiger partial charge in [0.2, 0.25) is 5.75 Å². The van der Waals surface area contributed by atoms with Gasteiger partial charge in [-0.3, -0.25) is 0 Å². The monoisotopic (exact) mass is 521 g/mol. The smallest absolute Gasteiger partial charge is 0.203 e. The first kappa shape index (κ1) is 23.6. The van der Waals surface area contributed by atoms with Gasteiger partial charge < -0.3 is 29.8 Å². The summed E-state index contributed by atoms with van der Waals surface area (Å²) in [5.74, 6) is 2.67. The molecule has 3 aromatic heterocycles. The van der Waals surface area contributed by atoms with Crippen LogP contribution in [-0.2, 0) is 0 Å². The van der Waals surface area contributed by atoms with Crippen LogP contribution >= 0.6 is 22.7 Å². The Morgan fingerprint density at radius 1 is 0.972 bits per heavy atom. The summed E-state index contributed by atoms with van der Waals surface area (Å²) in [6.07, 6.45) is 0. The molecule has 0 atom stereocenters. The molecule has 0 saturated heterocycles. The van der Waals surface area contributed by atoms with Crippen LogP contribution in [0.3, 0.4) is 0 Å². The van der Waals surface area contributed by atoms with Gasteiger partial charge in [0.15, 0.2) is 16.6 Å². The maximum absolute atomic E-state index is 6.29. The molecule has 0 amide bonds. The van der Waals surface area contributed by atoms with Crippen molar-refractivity contribution in [3.8, 4) is 49.6 Å². The number of aryl methyl sites for hydroxylation is 1. The highest BCUT2D eigenvalue weighted by Gasteiger charge is 2.22. The molecule has 3 heterocycles. The zero-order chi connectivity index (χ0) is 25.2. The maximum atomic E-state index is 6.29. The first-order valence-corrected chi connectivity index (χ1v) is 12.5. The fourth-order valence-electron chi connectivity index (χ4n) is 3.78. The van der Waals surface area contributed by atoms with Crippen molar-refractivity contribution in [3.63, 3.8) is 0 Å². The standard InChI is InChI=1S/C25H23N5O4S2/c1-13-19(20(30-34-13)14-8-6-5-7-9-14)16-12-35-24(28-16)22-23(26)29-25(36-22)27-15-10-17(31-2)21(33-4)18(11-15)32-3/h5-12H,26H2,1-4H3,(H,27,29). The topological polar surface area (TPSA) is 118 Å². The lowest BCUT2D eigenvalue weighted by atomic mass is 10.0. The van der Waals surface area contributed by atoms with Crippen LogP contribution in [0.1, 0.15) is 5.76 Å². The number of benzene rings is 2. The Hall–Kier alpha value is -4.09. The molecule has 0 unspecified atom stereocenters. The minimum atomic E-state index is 0.390. The molecule has 184 valence electrons. The third-order valence-corrected chi connectivity index (χ3v) is 7.42. The lowest BCUT2D eigenvalue weighted by Crippen LogP contribution is -1.97. The quantitative estimate of drug-likeness (QED) is 0.244. The Morgan fingerprint density at radius 3 is 2.36 bits per heavy atom. The summed E-state index contributed by atoms with van der Waals surface area (Å²) in [5, 5.41) is 10.9. The summed E-state index contributed by atoms with van der Waals surface area (Å²) in [5.41, 5.74) is 10.4. The van der Waals surface area contributed by atoms with E-state index in [9.17, 15) is 0 Å². The predicted molar refractivity (Wildman–Crippen MR) is 143 cm³/mol. The Bertz CT molecular complexity index is 1490. The molecule has 5 rings (SSSR count). The van der Waals surface area contributed by atoms with Crippen molar-refractivity contribution in [2.75, 3.05) is 32.4 Å². The van der Waals surface area contributed by atoms with Crippen LogP contribution in [0, 0.1) is 6.92 Å². The molecule has 0 aliphatic carbocycles. The van der Waals surface area contributed by atoms with Crippen LogP contribution in [-0.4, -0.2) is 36.5 Å². The normalized spacial score (nSPS) is 10.9. The molecular weight excluding hydrogens is 498 g/mol. The van der Waals surface area contributed by atoms with Gasteiger partial charge in [-0.05, 0) is 6.92 Å². The molecule has 0 aliphatic heterocycles. The number of ether oxygens (including phenoxy) is 3. The molecule has 36 heavy (non-hydrogen) atoms. The number of methoxy groups -OCH3 is 3. The lowest BCUT2D eigenvalue weighted by Gasteiger charge is -2.14. The molecule has 3 N–H and O–H groups in total. The van der Waals surface area contributed by atoms with Crippen LogP contribution in [0.4, 0.5) is 16.6 Å². The Morgan fingerprint density at radius 2 is 1.69 bits per heavy atom. The fourth-order valence-corrected chi connectivity index (χ4v) is 5.59. The van der Waals surface area contributed by atoms with Crippen molar-refractivity contribution in [2.45, 2.75) is 6.92 Å². The summed E-state index contributed by atoms with van der Waals surface area (Å²) in [6.45, 7) is 1.88. The van der Waals surface area contributed by atoms with Gasteiger partial charge in [-0.2, -0.15) is 0 Å². The summed E-state index contributed by atoms with van der Waals surface area (Å²) in [7, 11) is 4.70. The number of hydrogen-bond donors (Lipinski definition) is 2. The highest BCUT2D eigenvalue weighted by atomic mass is 32.1. The number of anilines is 3. The average Bonchev–Trinajstić information content (AvgIpc) is 3.62. The van der Waals surface area contributed by atoms with E-state index in [1.807, 2.05) is 42.6 Å². The Kier molecular flexibility index (Phi) is 6.49. The van der Waals surface area contributed by atoms with E-state index in [0.29, 0.717) is 34.0 Å².